The van der Waals surface area contributed by atoms with Crippen molar-refractivity contribution in [2.75, 3.05) is 7.11 Å². The van der Waals surface area contributed by atoms with Crippen LogP contribution in [0.15, 0.2) is 6.20 Å². The summed E-state index contributed by atoms with van der Waals surface area (Å²) in [7, 11) is 2.76. The molecular weight excluding hydrogens is 306 g/mol. The zero-order valence-corrected chi connectivity index (χ0v) is 13.8. The van der Waals surface area contributed by atoms with Gasteiger partial charge in [0.2, 0.25) is 5.75 Å². The highest BCUT2D eigenvalue weighted by Gasteiger charge is 2.21. The van der Waals surface area contributed by atoms with Crippen molar-refractivity contribution in [2.24, 2.45) is 7.05 Å². The van der Waals surface area contributed by atoms with E-state index >= 15 is 0 Å². The van der Waals surface area contributed by atoms with Crippen LogP contribution in [0.25, 0.3) is 0 Å². The summed E-state index contributed by atoms with van der Waals surface area (Å²) in [5.41, 5.74) is -0.479. The lowest BCUT2D eigenvalue weighted by Crippen LogP contribution is -2.42. The summed E-state index contributed by atoms with van der Waals surface area (Å²) in [6.45, 7) is 5.39. The van der Waals surface area contributed by atoms with E-state index < -0.39 is 23.6 Å². The average Bonchev–Trinajstić information content (AvgIpc) is 2.75. The number of aromatic nitrogens is 2. The Kier molecular flexibility index (Phi) is 6.11. The Hall–Kier alpha value is -2.58. The number of methoxy groups -OCH3 is 1. The minimum Gasteiger partial charge on any atom is -0.469 e. The molecule has 0 fully saturated rings. The Bertz CT molecular complexity index is 588. The summed E-state index contributed by atoms with van der Waals surface area (Å²) < 4.78 is 15.9. The van der Waals surface area contributed by atoms with Crippen LogP contribution >= 0.6 is 0 Å². The van der Waals surface area contributed by atoms with E-state index in [2.05, 4.69) is 15.2 Å². The van der Waals surface area contributed by atoms with Crippen LogP contribution in [-0.2, 0) is 21.4 Å². The summed E-state index contributed by atoms with van der Waals surface area (Å²) in [4.78, 5) is 34.5. The standard InChI is InChI=1S/C14H21N3O6/c1-14(2,3)16-13(20)23-12-9(8-15-17(12)4)22-11(19)7-6-10(18)21-5/h8H,6-7H2,1-5H3,(H,16,20). The SMILES string of the molecule is COC(=O)CCC(=O)Oc1cnn(C)c1OC(=O)NC(C)(C)C. The van der Waals surface area contributed by atoms with Crippen molar-refractivity contribution in [1.82, 2.24) is 15.1 Å². The molecule has 0 radical (unpaired) electrons. The number of carbonyl (C=O) groups excluding carboxylic acids is 3. The van der Waals surface area contributed by atoms with Gasteiger partial charge < -0.3 is 19.5 Å². The quantitative estimate of drug-likeness (QED) is 0.808. The second-order valence-corrected chi connectivity index (χ2v) is 5.75. The van der Waals surface area contributed by atoms with Gasteiger partial charge in [-0.05, 0) is 20.8 Å². The average molecular weight is 327 g/mol. The predicted molar refractivity (Wildman–Crippen MR) is 79.0 cm³/mol. The molecule has 1 amide bonds. The van der Waals surface area contributed by atoms with Gasteiger partial charge in [-0.25, -0.2) is 9.48 Å². The maximum absolute atomic E-state index is 11.8. The summed E-state index contributed by atoms with van der Waals surface area (Å²) in [5.74, 6) is -1.21. The van der Waals surface area contributed by atoms with Gasteiger partial charge in [0.25, 0.3) is 5.88 Å². The fourth-order valence-corrected chi connectivity index (χ4v) is 1.49. The lowest BCUT2D eigenvalue weighted by Gasteiger charge is -2.19. The van der Waals surface area contributed by atoms with Gasteiger partial charge >= 0.3 is 18.0 Å². The van der Waals surface area contributed by atoms with Crippen LogP contribution in [-0.4, -0.2) is 40.5 Å². The molecule has 0 atom stereocenters. The number of rotatable bonds is 5. The van der Waals surface area contributed by atoms with Gasteiger partial charge in [0.1, 0.15) is 0 Å². The molecule has 0 aliphatic carbocycles. The number of hydrogen-bond donors (Lipinski definition) is 1. The Balaban J connectivity index is 2.69. The fraction of sp³-hybridized carbons (Fsp3) is 0.571. The predicted octanol–water partition coefficient (Wildman–Crippen LogP) is 1.17. The molecule has 0 saturated carbocycles. The number of aryl methyl sites for hydroxylation is 1. The Labute approximate surface area is 133 Å². The molecule has 0 bridgehead atoms. The summed E-state index contributed by atoms with van der Waals surface area (Å²) in [6.07, 6.45) is 0.286. The second-order valence-electron chi connectivity index (χ2n) is 5.75. The van der Waals surface area contributed by atoms with Crippen LogP contribution in [0, 0.1) is 0 Å². The van der Waals surface area contributed by atoms with Gasteiger partial charge in [-0.3, -0.25) is 9.59 Å². The van der Waals surface area contributed by atoms with Gasteiger partial charge in [-0.1, -0.05) is 0 Å². The lowest BCUT2D eigenvalue weighted by atomic mass is 10.1. The minimum absolute atomic E-state index is 0.00794. The van der Waals surface area contributed by atoms with E-state index in [9.17, 15) is 14.4 Å². The first kappa shape index (κ1) is 18.5. The van der Waals surface area contributed by atoms with Crippen LogP contribution in [0.3, 0.4) is 0 Å². The molecule has 0 saturated heterocycles. The Morgan fingerprint density at radius 3 is 2.35 bits per heavy atom. The molecule has 1 heterocycles. The largest absolute Gasteiger partial charge is 0.469 e. The topological polar surface area (TPSA) is 109 Å². The van der Waals surface area contributed by atoms with E-state index in [0.29, 0.717) is 0 Å². The molecule has 0 aliphatic rings. The first-order chi connectivity index (χ1) is 10.6. The number of ether oxygens (including phenoxy) is 3. The van der Waals surface area contributed by atoms with Gasteiger partial charge in [0, 0.05) is 12.6 Å². The van der Waals surface area contributed by atoms with Gasteiger partial charge in [0.15, 0.2) is 0 Å². The van der Waals surface area contributed by atoms with Crippen LogP contribution < -0.4 is 14.8 Å². The molecule has 23 heavy (non-hydrogen) atoms. The Morgan fingerprint density at radius 1 is 1.17 bits per heavy atom. The van der Waals surface area contributed by atoms with E-state index in [1.54, 1.807) is 20.8 Å². The van der Waals surface area contributed by atoms with Gasteiger partial charge in [-0.2, -0.15) is 5.10 Å². The smallest absolute Gasteiger partial charge is 0.414 e. The molecular formula is C14H21N3O6. The molecule has 1 rings (SSSR count). The summed E-state index contributed by atoms with van der Waals surface area (Å²) in [6, 6.07) is 0. The van der Waals surface area contributed by atoms with Crippen molar-refractivity contribution < 1.29 is 28.6 Å². The van der Waals surface area contributed by atoms with E-state index in [1.807, 2.05) is 0 Å². The van der Waals surface area contributed by atoms with Gasteiger partial charge in [0.05, 0.1) is 26.1 Å². The summed E-state index contributed by atoms with van der Waals surface area (Å²) >= 11 is 0. The van der Waals surface area contributed by atoms with Crippen molar-refractivity contribution in [3.63, 3.8) is 0 Å². The van der Waals surface area contributed by atoms with E-state index in [1.165, 1.54) is 25.0 Å². The van der Waals surface area contributed by atoms with E-state index in [0.717, 1.165) is 0 Å². The molecule has 9 nitrogen and oxygen atoms in total. The Morgan fingerprint density at radius 2 is 1.78 bits per heavy atom. The monoisotopic (exact) mass is 327 g/mol. The van der Waals surface area contributed by atoms with Crippen molar-refractivity contribution in [2.45, 2.75) is 39.2 Å². The first-order valence-electron chi connectivity index (χ1n) is 6.92. The third kappa shape index (κ3) is 6.37. The number of nitrogens with zero attached hydrogens (tertiary/aromatic N) is 2. The van der Waals surface area contributed by atoms with Crippen molar-refractivity contribution in [1.29, 1.82) is 0 Å². The van der Waals surface area contributed by atoms with Crippen LogP contribution in [0.1, 0.15) is 33.6 Å². The minimum atomic E-state index is -0.701. The zero-order valence-electron chi connectivity index (χ0n) is 13.8. The summed E-state index contributed by atoms with van der Waals surface area (Å²) in [5, 5.41) is 6.48. The fourth-order valence-electron chi connectivity index (χ4n) is 1.49. The number of carbonyl (C=O) groups is 3. The maximum atomic E-state index is 11.8. The molecule has 0 spiro atoms. The number of nitrogens with one attached hydrogen (secondary N) is 1. The van der Waals surface area contributed by atoms with E-state index in [-0.39, 0.29) is 24.5 Å². The normalized spacial score (nSPS) is 10.8. The van der Waals surface area contributed by atoms with Crippen molar-refractivity contribution in [3.05, 3.63) is 6.20 Å². The third-order valence-corrected chi connectivity index (χ3v) is 2.50. The lowest BCUT2D eigenvalue weighted by molar-refractivity contribution is -0.144. The molecule has 128 valence electrons. The molecule has 0 aliphatic heterocycles. The number of hydrogen-bond acceptors (Lipinski definition) is 7. The van der Waals surface area contributed by atoms with Crippen molar-refractivity contribution in [3.8, 4) is 11.6 Å². The third-order valence-electron chi connectivity index (χ3n) is 2.50. The molecule has 1 N–H and O–H groups in total. The van der Waals surface area contributed by atoms with E-state index in [4.69, 9.17) is 9.47 Å². The highest BCUT2D eigenvalue weighted by Crippen LogP contribution is 2.26. The molecule has 0 unspecified atom stereocenters. The molecule has 9 heteroatoms. The number of esters is 2. The van der Waals surface area contributed by atoms with Crippen molar-refractivity contribution >= 4 is 18.0 Å². The molecule has 0 aromatic carbocycles. The van der Waals surface area contributed by atoms with Crippen LogP contribution in [0.4, 0.5) is 4.79 Å². The highest BCUT2D eigenvalue weighted by atomic mass is 16.6. The zero-order chi connectivity index (χ0) is 17.6. The molecule has 1 aromatic heterocycles. The highest BCUT2D eigenvalue weighted by molar-refractivity contribution is 5.79. The first-order valence-corrected chi connectivity index (χ1v) is 6.92. The van der Waals surface area contributed by atoms with Crippen LogP contribution in [0.2, 0.25) is 0 Å². The maximum Gasteiger partial charge on any atom is 0.414 e. The van der Waals surface area contributed by atoms with Gasteiger partial charge in [-0.15, -0.1) is 0 Å². The van der Waals surface area contributed by atoms with Crippen LogP contribution in [0.5, 0.6) is 11.6 Å². The molecule has 1 aromatic rings. The second kappa shape index (κ2) is 7.61. The number of amides is 1.